The summed E-state index contributed by atoms with van der Waals surface area (Å²) in [5.41, 5.74) is 3.93. The van der Waals surface area contributed by atoms with Gasteiger partial charge < -0.3 is 5.11 Å². The maximum atomic E-state index is 14.0. The van der Waals surface area contributed by atoms with Gasteiger partial charge in [-0.2, -0.15) is 0 Å². The molecule has 3 aliphatic carbocycles. The number of hydrogen-bond donors (Lipinski definition) is 1. The van der Waals surface area contributed by atoms with Crippen molar-refractivity contribution in [3.8, 4) is 0 Å². The Morgan fingerprint density at radius 1 is 0.970 bits per heavy atom. The quantitative estimate of drug-likeness (QED) is 0.562. The molecule has 0 radical (unpaired) electrons. The number of halogens is 1. The maximum absolute atomic E-state index is 14.0. The van der Waals surface area contributed by atoms with Gasteiger partial charge in [0.2, 0.25) is 11.8 Å². The zero-order valence-electron chi connectivity index (χ0n) is 17.8. The molecule has 4 aliphatic rings. The molecule has 7 rings (SSSR count). The van der Waals surface area contributed by atoms with Crippen molar-refractivity contribution in [3.63, 3.8) is 0 Å². The van der Waals surface area contributed by atoms with Gasteiger partial charge in [-0.1, -0.05) is 67.1 Å². The Kier molecular flexibility index (Phi) is 4.15. The Balaban J connectivity index is 1.60. The molecule has 1 heterocycles. The lowest BCUT2D eigenvalue weighted by molar-refractivity contribution is -0.123. The van der Waals surface area contributed by atoms with Gasteiger partial charge in [0.25, 0.3) is 0 Å². The maximum Gasteiger partial charge on any atom is 0.337 e. The number of nitrogens with zero attached hydrogens (tertiary/aromatic N) is 1. The van der Waals surface area contributed by atoms with Crippen LogP contribution in [-0.4, -0.2) is 22.9 Å². The number of aromatic carboxylic acids is 1. The standard InChI is InChI=1S/C27H20ClNO4/c1-2-27-18-9-5-3-7-15(18)21(16-8-4-6-10-19(16)27)22-23(27)25(31)29(24(22)30)14-11-12-20(28)17(13-14)26(32)33/h3-13,21-23H,2H2,1H3,(H,32,33)/t21?,22-,23+,27?/m1/s1. The largest absolute Gasteiger partial charge is 0.478 e. The third-order valence-corrected chi connectivity index (χ3v) is 8.12. The third kappa shape index (κ3) is 2.35. The molecular formula is C27H20ClNO4. The Hall–Kier alpha value is -3.44. The second-order valence-electron chi connectivity index (χ2n) is 8.96. The molecule has 6 heteroatoms. The van der Waals surface area contributed by atoms with Crippen LogP contribution in [0.3, 0.4) is 0 Å². The van der Waals surface area contributed by atoms with Crippen molar-refractivity contribution in [1.29, 1.82) is 0 Å². The first-order valence-corrected chi connectivity index (χ1v) is 11.4. The fourth-order valence-electron chi connectivity index (χ4n) is 6.60. The Morgan fingerprint density at radius 3 is 2.15 bits per heavy atom. The van der Waals surface area contributed by atoms with Gasteiger partial charge in [-0.15, -0.1) is 0 Å². The highest BCUT2D eigenvalue weighted by Crippen LogP contribution is 2.65. The number of hydrogen-bond acceptors (Lipinski definition) is 3. The minimum absolute atomic E-state index is 0.0627. The van der Waals surface area contributed by atoms with E-state index in [0.717, 1.165) is 22.3 Å². The van der Waals surface area contributed by atoms with Crippen LogP contribution in [0.4, 0.5) is 5.69 Å². The minimum atomic E-state index is -1.21. The summed E-state index contributed by atoms with van der Waals surface area (Å²) in [4.78, 5) is 40.8. The van der Waals surface area contributed by atoms with E-state index in [1.54, 1.807) is 6.07 Å². The highest BCUT2D eigenvalue weighted by atomic mass is 35.5. The molecule has 5 nitrogen and oxygen atoms in total. The number of carboxylic acids is 1. The van der Waals surface area contributed by atoms with Gasteiger partial charge in [-0.3, -0.25) is 9.59 Å². The van der Waals surface area contributed by atoms with E-state index in [1.807, 2.05) is 24.3 Å². The molecule has 1 aliphatic heterocycles. The van der Waals surface area contributed by atoms with Crippen molar-refractivity contribution in [2.45, 2.75) is 24.7 Å². The van der Waals surface area contributed by atoms with E-state index in [1.165, 1.54) is 17.0 Å². The first kappa shape index (κ1) is 20.2. The molecule has 1 fully saturated rings. The molecule has 2 atom stereocenters. The predicted molar refractivity (Wildman–Crippen MR) is 124 cm³/mol. The topological polar surface area (TPSA) is 74.7 Å². The SMILES string of the molecule is CCC12c3ccccc3C(c3ccccc31)[C@H]1C(=O)N(c3ccc(Cl)c(C(=O)O)c3)C(=O)[C@H]12. The molecule has 3 aromatic rings. The van der Waals surface area contributed by atoms with Crippen LogP contribution in [0.1, 0.15) is 51.9 Å². The molecule has 164 valence electrons. The summed E-state index contributed by atoms with van der Waals surface area (Å²) in [5.74, 6) is -3.07. The number of anilines is 1. The molecule has 1 saturated heterocycles. The molecular weight excluding hydrogens is 438 g/mol. The summed E-state index contributed by atoms with van der Waals surface area (Å²) in [6.07, 6.45) is 0.669. The third-order valence-electron chi connectivity index (χ3n) is 7.79. The van der Waals surface area contributed by atoms with Crippen molar-refractivity contribution < 1.29 is 19.5 Å². The van der Waals surface area contributed by atoms with E-state index in [-0.39, 0.29) is 34.0 Å². The Bertz CT molecular complexity index is 1330. The van der Waals surface area contributed by atoms with Gasteiger partial charge in [0.1, 0.15) is 0 Å². The van der Waals surface area contributed by atoms with E-state index in [0.29, 0.717) is 6.42 Å². The van der Waals surface area contributed by atoms with Crippen LogP contribution in [-0.2, 0) is 15.0 Å². The van der Waals surface area contributed by atoms with Crippen molar-refractivity contribution in [1.82, 2.24) is 0 Å². The summed E-state index contributed by atoms with van der Waals surface area (Å²) in [5, 5.41) is 9.57. The van der Waals surface area contributed by atoms with Gasteiger partial charge in [-0.05, 0) is 46.9 Å². The highest BCUT2D eigenvalue weighted by Gasteiger charge is 2.67. The van der Waals surface area contributed by atoms with Gasteiger partial charge in [0, 0.05) is 11.3 Å². The lowest BCUT2D eigenvalue weighted by Crippen LogP contribution is -2.53. The Labute approximate surface area is 195 Å². The molecule has 2 bridgehead atoms. The second kappa shape index (κ2) is 6.78. The van der Waals surface area contributed by atoms with E-state index >= 15 is 0 Å². The van der Waals surface area contributed by atoms with Gasteiger partial charge in [-0.25, -0.2) is 9.69 Å². The average Bonchev–Trinajstić information content (AvgIpc) is 3.10. The van der Waals surface area contributed by atoms with Crippen LogP contribution in [0.5, 0.6) is 0 Å². The number of carbonyl (C=O) groups excluding carboxylic acids is 2. The summed E-state index contributed by atoms with van der Waals surface area (Å²) >= 11 is 6.05. The van der Waals surface area contributed by atoms with Gasteiger partial charge in [0.05, 0.1) is 28.1 Å². The minimum Gasteiger partial charge on any atom is -0.478 e. The first-order valence-electron chi connectivity index (χ1n) is 11.0. The molecule has 0 spiro atoms. The van der Waals surface area contributed by atoms with Crippen LogP contribution in [0, 0.1) is 11.8 Å². The number of carboxylic acid groups (broad SMARTS) is 1. The number of amides is 2. The van der Waals surface area contributed by atoms with Gasteiger partial charge in [0.15, 0.2) is 0 Å². The van der Waals surface area contributed by atoms with E-state index in [4.69, 9.17) is 11.6 Å². The van der Waals surface area contributed by atoms with Crippen LogP contribution >= 0.6 is 11.6 Å². The van der Waals surface area contributed by atoms with Crippen molar-refractivity contribution in [2.75, 3.05) is 4.90 Å². The second-order valence-corrected chi connectivity index (χ2v) is 9.37. The fourth-order valence-corrected chi connectivity index (χ4v) is 6.80. The zero-order chi connectivity index (χ0) is 23.1. The molecule has 1 N–H and O–H groups in total. The summed E-state index contributed by atoms with van der Waals surface area (Å²) in [6.45, 7) is 2.07. The van der Waals surface area contributed by atoms with Crippen LogP contribution in [0.15, 0.2) is 66.7 Å². The Morgan fingerprint density at radius 2 is 1.58 bits per heavy atom. The molecule has 3 aromatic carbocycles. The average molecular weight is 458 g/mol. The van der Waals surface area contributed by atoms with Crippen molar-refractivity contribution in [2.24, 2.45) is 11.8 Å². The van der Waals surface area contributed by atoms with Crippen LogP contribution < -0.4 is 4.90 Å². The number of benzene rings is 3. The smallest absolute Gasteiger partial charge is 0.337 e. The number of imide groups is 1. The van der Waals surface area contributed by atoms with Crippen LogP contribution in [0.2, 0.25) is 5.02 Å². The monoisotopic (exact) mass is 457 g/mol. The van der Waals surface area contributed by atoms with Gasteiger partial charge >= 0.3 is 5.97 Å². The molecule has 0 saturated carbocycles. The van der Waals surface area contributed by atoms with E-state index < -0.39 is 23.2 Å². The first-order chi connectivity index (χ1) is 15.9. The lowest BCUT2D eigenvalue weighted by atomic mass is 9.46. The molecule has 0 aromatic heterocycles. The normalized spacial score (nSPS) is 26.7. The summed E-state index contributed by atoms with van der Waals surface area (Å²) in [6, 6.07) is 20.6. The summed E-state index contributed by atoms with van der Waals surface area (Å²) in [7, 11) is 0. The molecule has 2 amide bonds. The number of rotatable bonds is 3. The number of carbonyl (C=O) groups is 3. The zero-order valence-corrected chi connectivity index (χ0v) is 18.5. The molecule has 33 heavy (non-hydrogen) atoms. The highest BCUT2D eigenvalue weighted by molar-refractivity contribution is 6.34. The van der Waals surface area contributed by atoms with E-state index in [9.17, 15) is 19.5 Å². The lowest BCUT2D eigenvalue weighted by Gasteiger charge is -2.54. The summed E-state index contributed by atoms with van der Waals surface area (Å²) < 4.78 is 0. The van der Waals surface area contributed by atoms with Crippen LogP contribution in [0.25, 0.3) is 0 Å². The van der Waals surface area contributed by atoms with Crippen molar-refractivity contribution in [3.05, 3.63) is 99.6 Å². The predicted octanol–water partition coefficient (Wildman–Crippen LogP) is 5.00. The fraction of sp³-hybridized carbons (Fsp3) is 0.222. The molecule has 0 unspecified atom stereocenters. The van der Waals surface area contributed by atoms with E-state index in [2.05, 4.69) is 31.2 Å². The van der Waals surface area contributed by atoms with Crippen molar-refractivity contribution >= 4 is 35.1 Å².